The highest BCUT2D eigenvalue weighted by atomic mass is 79.9. The fraction of sp³-hybridized carbons (Fsp3) is 0.333. The number of benzene rings is 1. The average molecular weight is 264 g/mol. The van der Waals surface area contributed by atoms with E-state index >= 15 is 0 Å². The molecule has 3 nitrogen and oxygen atoms in total. The van der Waals surface area contributed by atoms with E-state index in [2.05, 4.69) is 15.9 Å². The molecule has 78 valence electrons. The number of nitrogens with two attached hydrogens (primary N) is 1. The van der Waals surface area contributed by atoms with Crippen molar-refractivity contribution in [2.75, 3.05) is 6.61 Å². The Balaban J connectivity index is 3.11. The van der Waals surface area contributed by atoms with Gasteiger partial charge >= 0.3 is 0 Å². The molecule has 0 bridgehead atoms. The van der Waals surface area contributed by atoms with Gasteiger partial charge in [0.1, 0.15) is 11.6 Å². The molecule has 1 unspecified atom stereocenters. The molecule has 0 aliphatic rings. The van der Waals surface area contributed by atoms with Crippen molar-refractivity contribution in [3.8, 4) is 5.75 Å². The van der Waals surface area contributed by atoms with Crippen LogP contribution in [0.4, 0.5) is 4.39 Å². The zero-order valence-electron chi connectivity index (χ0n) is 7.37. The van der Waals surface area contributed by atoms with Crippen molar-refractivity contribution in [1.29, 1.82) is 0 Å². The molecule has 1 aromatic rings. The molecule has 1 aromatic carbocycles. The van der Waals surface area contributed by atoms with Gasteiger partial charge in [0.2, 0.25) is 0 Å². The molecule has 0 saturated heterocycles. The van der Waals surface area contributed by atoms with Gasteiger partial charge in [0.05, 0.1) is 4.47 Å². The summed E-state index contributed by atoms with van der Waals surface area (Å²) in [6.07, 6.45) is 0.249. The Bertz CT molecular complexity index is 333. The first-order valence-electron chi connectivity index (χ1n) is 4.11. The Hall–Kier alpha value is -0.650. The predicted octanol–water partition coefficient (Wildman–Crippen LogP) is 1.68. The number of hydrogen-bond donors (Lipinski definition) is 3. The van der Waals surface area contributed by atoms with E-state index in [0.29, 0.717) is 0 Å². The lowest BCUT2D eigenvalue weighted by atomic mass is 10.0. The van der Waals surface area contributed by atoms with Gasteiger partial charge in [0.25, 0.3) is 0 Å². The van der Waals surface area contributed by atoms with Crippen LogP contribution in [0.25, 0.3) is 0 Å². The van der Waals surface area contributed by atoms with Crippen LogP contribution in [0.3, 0.4) is 0 Å². The Morgan fingerprint density at radius 3 is 2.71 bits per heavy atom. The van der Waals surface area contributed by atoms with Crippen molar-refractivity contribution in [3.63, 3.8) is 0 Å². The molecule has 0 aromatic heterocycles. The van der Waals surface area contributed by atoms with Crippen LogP contribution in [0.2, 0.25) is 0 Å². The molecule has 0 fully saturated rings. The molecule has 0 aliphatic carbocycles. The molecule has 1 atom stereocenters. The smallest absolute Gasteiger partial charge is 0.130 e. The second kappa shape index (κ2) is 4.72. The summed E-state index contributed by atoms with van der Waals surface area (Å²) >= 11 is 3.05. The summed E-state index contributed by atoms with van der Waals surface area (Å²) in [6.45, 7) is -0.122. The number of hydrogen-bond acceptors (Lipinski definition) is 3. The minimum Gasteiger partial charge on any atom is -0.507 e. The molecular weight excluding hydrogens is 253 g/mol. The van der Waals surface area contributed by atoms with Gasteiger partial charge in [-0.2, -0.15) is 0 Å². The van der Waals surface area contributed by atoms with E-state index in [0.717, 1.165) is 6.07 Å². The van der Waals surface area contributed by atoms with Crippen molar-refractivity contribution in [3.05, 3.63) is 28.0 Å². The van der Waals surface area contributed by atoms with E-state index < -0.39 is 11.9 Å². The third kappa shape index (κ3) is 2.23. The Labute approximate surface area is 89.5 Å². The Kier molecular flexibility index (Phi) is 3.86. The maximum atomic E-state index is 13.3. The zero-order chi connectivity index (χ0) is 10.7. The molecule has 0 radical (unpaired) electrons. The predicted molar refractivity (Wildman–Crippen MR) is 54.4 cm³/mol. The number of phenols is 1. The third-order valence-corrected chi connectivity index (χ3v) is 2.75. The van der Waals surface area contributed by atoms with E-state index in [1.54, 1.807) is 0 Å². The molecule has 0 heterocycles. The molecule has 0 spiro atoms. The van der Waals surface area contributed by atoms with E-state index in [1.807, 2.05) is 0 Å². The van der Waals surface area contributed by atoms with Crippen LogP contribution in [0.15, 0.2) is 16.6 Å². The van der Waals surface area contributed by atoms with Crippen LogP contribution in [0.5, 0.6) is 5.75 Å². The maximum absolute atomic E-state index is 13.3. The first-order valence-corrected chi connectivity index (χ1v) is 4.90. The van der Waals surface area contributed by atoms with Gasteiger partial charge in [-0.1, -0.05) is 0 Å². The van der Waals surface area contributed by atoms with Gasteiger partial charge in [0.15, 0.2) is 0 Å². The molecule has 1 rings (SSSR count). The molecule has 4 N–H and O–H groups in total. The van der Waals surface area contributed by atoms with Gasteiger partial charge in [0, 0.05) is 18.2 Å². The first kappa shape index (κ1) is 11.4. The van der Waals surface area contributed by atoms with E-state index in [1.165, 1.54) is 6.07 Å². The van der Waals surface area contributed by atoms with Gasteiger partial charge < -0.3 is 15.9 Å². The molecule has 0 aliphatic heterocycles. The van der Waals surface area contributed by atoms with Crippen molar-refractivity contribution in [2.24, 2.45) is 5.73 Å². The number of phenolic OH excluding ortho intramolecular Hbond substituents is 1. The second-order valence-electron chi connectivity index (χ2n) is 2.91. The van der Waals surface area contributed by atoms with Crippen LogP contribution in [0, 0.1) is 5.82 Å². The van der Waals surface area contributed by atoms with Crippen LogP contribution in [0.1, 0.15) is 18.0 Å². The molecule has 5 heteroatoms. The van der Waals surface area contributed by atoms with Gasteiger partial charge in [-0.3, -0.25) is 0 Å². The molecule has 0 amide bonds. The van der Waals surface area contributed by atoms with Crippen molar-refractivity contribution >= 4 is 15.9 Å². The van der Waals surface area contributed by atoms with Crippen LogP contribution in [-0.2, 0) is 0 Å². The summed E-state index contributed by atoms with van der Waals surface area (Å²) < 4.78 is 13.6. The van der Waals surface area contributed by atoms with E-state index in [4.69, 9.17) is 10.8 Å². The number of aliphatic hydroxyl groups is 1. The summed E-state index contributed by atoms with van der Waals surface area (Å²) in [7, 11) is 0. The first-order chi connectivity index (χ1) is 6.57. The van der Waals surface area contributed by atoms with E-state index in [-0.39, 0.29) is 28.8 Å². The standard InChI is InChI=1S/C9H11BrFNO2/c10-9-7(14)2-1-5(11)8(9)6(12)3-4-13/h1-2,6,13-14H,3-4,12H2. The maximum Gasteiger partial charge on any atom is 0.130 e. The molecular formula is C9H11BrFNO2. The lowest BCUT2D eigenvalue weighted by molar-refractivity contribution is 0.275. The van der Waals surface area contributed by atoms with Crippen molar-refractivity contribution < 1.29 is 14.6 Å². The molecule has 0 saturated carbocycles. The normalized spacial score (nSPS) is 12.9. The van der Waals surface area contributed by atoms with Crippen LogP contribution >= 0.6 is 15.9 Å². The van der Waals surface area contributed by atoms with E-state index in [9.17, 15) is 9.50 Å². The minimum atomic E-state index is -0.624. The Morgan fingerprint density at radius 1 is 1.50 bits per heavy atom. The van der Waals surface area contributed by atoms with Crippen LogP contribution < -0.4 is 5.73 Å². The van der Waals surface area contributed by atoms with Gasteiger partial charge in [-0.05, 0) is 34.5 Å². The summed E-state index contributed by atoms with van der Waals surface area (Å²) in [5, 5.41) is 18.0. The second-order valence-corrected chi connectivity index (χ2v) is 3.71. The lowest BCUT2D eigenvalue weighted by Gasteiger charge is -2.14. The summed E-state index contributed by atoms with van der Waals surface area (Å²) in [5.41, 5.74) is 5.83. The van der Waals surface area contributed by atoms with Crippen molar-refractivity contribution in [1.82, 2.24) is 0 Å². The number of halogens is 2. The van der Waals surface area contributed by atoms with Crippen molar-refractivity contribution in [2.45, 2.75) is 12.5 Å². The topological polar surface area (TPSA) is 66.5 Å². The highest BCUT2D eigenvalue weighted by Gasteiger charge is 2.17. The van der Waals surface area contributed by atoms with Gasteiger partial charge in [-0.15, -0.1) is 0 Å². The number of aromatic hydroxyl groups is 1. The SMILES string of the molecule is NC(CCO)c1c(F)ccc(O)c1Br. The summed E-state index contributed by atoms with van der Waals surface area (Å²) in [5.74, 6) is -0.551. The quantitative estimate of drug-likeness (QED) is 0.778. The highest BCUT2D eigenvalue weighted by Crippen LogP contribution is 2.33. The highest BCUT2D eigenvalue weighted by molar-refractivity contribution is 9.10. The Morgan fingerprint density at radius 2 is 2.14 bits per heavy atom. The average Bonchev–Trinajstić information content (AvgIpc) is 2.13. The lowest BCUT2D eigenvalue weighted by Crippen LogP contribution is -2.14. The van der Waals surface area contributed by atoms with Gasteiger partial charge in [-0.25, -0.2) is 4.39 Å². The number of aliphatic hydroxyl groups excluding tert-OH is 1. The fourth-order valence-electron chi connectivity index (χ4n) is 1.18. The third-order valence-electron chi connectivity index (χ3n) is 1.92. The summed E-state index contributed by atoms with van der Waals surface area (Å²) in [6, 6.07) is 1.77. The monoisotopic (exact) mass is 263 g/mol. The minimum absolute atomic E-state index is 0.0604. The molecule has 14 heavy (non-hydrogen) atoms. The zero-order valence-corrected chi connectivity index (χ0v) is 8.96. The largest absolute Gasteiger partial charge is 0.507 e. The fourth-order valence-corrected chi connectivity index (χ4v) is 1.80. The number of rotatable bonds is 3. The summed E-state index contributed by atoms with van der Waals surface area (Å²) in [4.78, 5) is 0. The van der Waals surface area contributed by atoms with Crippen LogP contribution in [-0.4, -0.2) is 16.8 Å².